The van der Waals surface area contributed by atoms with E-state index in [0.29, 0.717) is 25.7 Å². The third-order valence-corrected chi connectivity index (χ3v) is 12.1. The molecule has 2 aliphatic heterocycles. The Morgan fingerprint density at radius 2 is 1.75 bits per heavy atom. The summed E-state index contributed by atoms with van der Waals surface area (Å²) in [5.41, 5.74) is -4.09. The lowest BCUT2D eigenvalue weighted by atomic mass is 9.41. The van der Waals surface area contributed by atoms with E-state index in [9.17, 15) is 40.2 Å². The molecule has 0 amide bonds. The van der Waals surface area contributed by atoms with Crippen LogP contribution in [-0.2, 0) is 23.8 Å². The molecule has 40 heavy (non-hydrogen) atoms. The highest BCUT2D eigenvalue weighted by Gasteiger charge is 2.74. The highest BCUT2D eigenvalue weighted by Crippen LogP contribution is 2.70. The van der Waals surface area contributed by atoms with Gasteiger partial charge in [-0.25, -0.2) is 4.79 Å². The second kappa shape index (κ2) is 9.54. The molecule has 6 rings (SSSR count). The molecule has 5 fully saturated rings. The number of aldehydes is 1. The van der Waals surface area contributed by atoms with Crippen LogP contribution in [0.25, 0.3) is 0 Å². The Morgan fingerprint density at radius 3 is 2.42 bits per heavy atom. The molecule has 6 aliphatic rings. The lowest BCUT2D eigenvalue weighted by molar-refractivity contribution is -0.319. The molecule has 0 aromatic rings. The summed E-state index contributed by atoms with van der Waals surface area (Å²) in [6.07, 6.45) is -2.70. The number of carbonyl (C=O) groups is 2. The Hall–Kier alpha value is -1.44. The molecule has 0 bridgehead atoms. The predicted molar refractivity (Wildman–Crippen MR) is 136 cm³/mol. The van der Waals surface area contributed by atoms with Crippen molar-refractivity contribution < 1.29 is 54.4 Å². The third-order valence-electron chi connectivity index (χ3n) is 12.1. The third kappa shape index (κ3) is 3.71. The molecule has 4 aliphatic carbocycles. The van der Waals surface area contributed by atoms with Crippen molar-refractivity contribution in [3.8, 4) is 0 Å². The highest BCUT2D eigenvalue weighted by molar-refractivity contribution is 5.85. The van der Waals surface area contributed by atoms with Gasteiger partial charge < -0.3 is 49.6 Å². The van der Waals surface area contributed by atoms with Gasteiger partial charge in [-0.05, 0) is 75.2 Å². The summed E-state index contributed by atoms with van der Waals surface area (Å²) in [6.45, 7) is 3.61. The standard InChI is InChI=1S/C29H42O11/c1-14-22(33)23(34)24(35)25(39-14)40-16-3-6-27(13-30)19-10-20(31)26(2)17(15-9-21(32)38-12-15)5-8-29(26,37)18(19)4-7-28(27,36)11-16/h9,13-14,16-20,22-25,31,33-37H,3-8,10-12H2,1-2H3/t14-,16-,17-,18-,19+,20+,22-,23+,24+,25+,26+,27+,28+,29-/m1/s1. The van der Waals surface area contributed by atoms with Gasteiger partial charge in [-0.3, -0.25) is 0 Å². The Morgan fingerprint density at radius 1 is 1.00 bits per heavy atom. The molecule has 11 nitrogen and oxygen atoms in total. The van der Waals surface area contributed by atoms with Crippen LogP contribution in [0.2, 0.25) is 0 Å². The lowest BCUT2D eigenvalue weighted by Gasteiger charge is -2.66. The van der Waals surface area contributed by atoms with Crippen molar-refractivity contribution in [2.45, 2.75) is 119 Å². The fourth-order valence-electron chi connectivity index (χ4n) is 9.74. The Bertz CT molecular complexity index is 1080. The average molecular weight is 567 g/mol. The first-order valence-electron chi connectivity index (χ1n) is 14.6. The van der Waals surface area contributed by atoms with Crippen LogP contribution in [0.5, 0.6) is 0 Å². The van der Waals surface area contributed by atoms with Gasteiger partial charge in [0.25, 0.3) is 0 Å². The topological polar surface area (TPSA) is 183 Å². The zero-order valence-corrected chi connectivity index (χ0v) is 23.0. The summed E-state index contributed by atoms with van der Waals surface area (Å²) < 4.78 is 16.8. The number of fused-ring (bicyclic) bond motifs is 5. The minimum absolute atomic E-state index is 0.0926. The van der Waals surface area contributed by atoms with Crippen molar-refractivity contribution in [3.05, 3.63) is 11.6 Å². The van der Waals surface area contributed by atoms with Gasteiger partial charge in [0.15, 0.2) is 6.29 Å². The Balaban J connectivity index is 1.25. The number of aliphatic hydroxyl groups is 6. The maximum atomic E-state index is 13.0. The Labute approximate surface area is 233 Å². The normalized spacial score (nSPS) is 56.0. The van der Waals surface area contributed by atoms with Crippen LogP contribution in [-0.4, -0.2) is 104 Å². The number of hydrogen-bond donors (Lipinski definition) is 6. The summed E-state index contributed by atoms with van der Waals surface area (Å²) in [7, 11) is 0. The van der Waals surface area contributed by atoms with E-state index in [2.05, 4.69) is 0 Å². The van der Waals surface area contributed by atoms with Crippen LogP contribution >= 0.6 is 0 Å². The van der Waals surface area contributed by atoms with Crippen LogP contribution in [0.1, 0.15) is 65.2 Å². The molecule has 224 valence electrons. The summed E-state index contributed by atoms with van der Waals surface area (Å²) in [6, 6.07) is 0. The van der Waals surface area contributed by atoms with Gasteiger partial charge in [0, 0.05) is 17.9 Å². The first-order chi connectivity index (χ1) is 18.8. The number of esters is 1. The van der Waals surface area contributed by atoms with Crippen LogP contribution in [0.15, 0.2) is 11.6 Å². The molecule has 6 N–H and O–H groups in total. The number of ether oxygens (including phenoxy) is 3. The van der Waals surface area contributed by atoms with Crippen molar-refractivity contribution in [3.63, 3.8) is 0 Å². The molecule has 11 heteroatoms. The van der Waals surface area contributed by atoms with Gasteiger partial charge in [0.05, 0.1) is 34.9 Å². The van der Waals surface area contributed by atoms with Gasteiger partial charge in [0.2, 0.25) is 0 Å². The zero-order valence-electron chi connectivity index (χ0n) is 23.0. The van der Waals surface area contributed by atoms with Gasteiger partial charge in [-0.2, -0.15) is 0 Å². The molecule has 0 unspecified atom stereocenters. The largest absolute Gasteiger partial charge is 0.458 e. The van der Waals surface area contributed by atoms with Gasteiger partial charge >= 0.3 is 5.97 Å². The van der Waals surface area contributed by atoms with Crippen LogP contribution in [0, 0.1) is 28.6 Å². The summed E-state index contributed by atoms with van der Waals surface area (Å²) in [4.78, 5) is 24.8. The van der Waals surface area contributed by atoms with Crippen molar-refractivity contribution in [1.29, 1.82) is 0 Å². The van der Waals surface area contributed by atoms with E-state index in [-0.39, 0.29) is 44.1 Å². The zero-order chi connectivity index (χ0) is 28.8. The molecule has 0 aromatic heterocycles. The van der Waals surface area contributed by atoms with Crippen LogP contribution in [0.4, 0.5) is 0 Å². The molecule has 0 spiro atoms. The monoisotopic (exact) mass is 566 g/mol. The molecular weight excluding hydrogens is 524 g/mol. The SMILES string of the molecule is C[C@H]1O[C@@H](O[C@@H]2CC[C@]3(C=O)[C@H]4C[C@H](O)[C@]5(C)[C@@H](C6=CC(=O)OC6)CC[C@@]5(O)[C@@H]4CC[C@]3(O)C2)[C@@H](O)[C@@H](O)[C@@H]1O. The molecule has 2 heterocycles. The van der Waals surface area contributed by atoms with E-state index in [1.807, 2.05) is 6.92 Å². The first kappa shape index (κ1) is 28.7. The average Bonchev–Trinajstić information content (AvgIpc) is 3.46. The van der Waals surface area contributed by atoms with Gasteiger partial charge in [-0.1, -0.05) is 6.92 Å². The van der Waals surface area contributed by atoms with E-state index < -0.39 is 76.8 Å². The van der Waals surface area contributed by atoms with E-state index in [4.69, 9.17) is 14.2 Å². The van der Waals surface area contributed by atoms with Crippen molar-refractivity contribution in [1.82, 2.24) is 0 Å². The predicted octanol–water partition coefficient (Wildman–Crippen LogP) is -0.279. The second-order valence-corrected chi connectivity index (χ2v) is 13.5. The summed E-state index contributed by atoms with van der Waals surface area (Å²) in [5.74, 6) is -1.42. The van der Waals surface area contributed by atoms with Crippen molar-refractivity contribution >= 4 is 12.3 Å². The summed E-state index contributed by atoms with van der Waals surface area (Å²) >= 11 is 0. The van der Waals surface area contributed by atoms with Crippen LogP contribution < -0.4 is 0 Å². The van der Waals surface area contributed by atoms with Crippen molar-refractivity contribution in [2.75, 3.05) is 6.61 Å². The smallest absolute Gasteiger partial charge is 0.331 e. The van der Waals surface area contributed by atoms with Crippen LogP contribution in [0.3, 0.4) is 0 Å². The number of carbonyl (C=O) groups excluding carboxylic acids is 2. The first-order valence-corrected chi connectivity index (χ1v) is 14.6. The van der Waals surface area contributed by atoms with E-state index in [1.54, 1.807) is 6.92 Å². The number of aliphatic hydroxyl groups excluding tert-OH is 4. The fourth-order valence-corrected chi connectivity index (χ4v) is 9.74. The molecule has 14 atom stereocenters. The van der Waals surface area contributed by atoms with Crippen molar-refractivity contribution in [2.24, 2.45) is 28.6 Å². The molecule has 1 saturated heterocycles. The minimum Gasteiger partial charge on any atom is -0.458 e. The van der Waals surface area contributed by atoms with E-state index >= 15 is 0 Å². The fraction of sp³-hybridized carbons (Fsp3) is 0.862. The molecule has 4 saturated carbocycles. The van der Waals surface area contributed by atoms with E-state index in [1.165, 1.54) is 6.08 Å². The minimum atomic E-state index is -1.47. The molecule has 0 radical (unpaired) electrons. The number of cyclic esters (lactones) is 1. The number of rotatable bonds is 4. The van der Waals surface area contributed by atoms with Gasteiger partial charge in [-0.15, -0.1) is 0 Å². The van der Waals surface area contributed by atoms with Gasteiger partial charge in [0.1, 0.15) is 31.2 Å². The summed E-state index contributed by atoms with van der Waals surface area (Å²) in [5, 5.41) is 66.7. The maximum Gasteiger partial charge on any atom is 0.331 e. The maximum absolute atomic E-state index is 13.0. The molecular formula is C29H42O11. The number of hydrogen-bond acceptors (Lipinski definition) is 11. The quantitative estimate of drug-likeness (QED) is 0.149. The molecule has 0 aromatic carbocycles. The van der Waals surface area contributed by atoms with E-state index in [0.717, 1.165) is 11.9 Å². The second-order valence-electron chi connectivity index (χ2n) is 13.5. The highest BCUT2D eigenvalue weighted by atomic mass is 16.7. The lowest BCUT2D eigenvalue weighted by Crippen LogP contribution is -2.71. The Kier molecular flexibility index (Phi) is 6.83.